The van der Waals surface area contributed by atoms with E-state index in [-0.39, 0.29) is 0 Å². The number of nitrogens with one attached hydrogen (secondary N) is 2. The van der Waals surface area contributed by atoms with Gasteiger partial charge in [-0.3, -0.25) is 0 Å². The van der Waals surface area contributed by atoms with Crippen molar-refractivity contribution in [2.45, 2.75) is 96.6 Å². The lowest BCUT2D eigenvalue weighted by atomic mass is 10.0. The van der Waals surface area contributed by atoms with Gasteiger partial charge in [-0.2, -0.15) is 0 Å². The molecule has 6 N–H and O–H groups in total. The van der Waals surface area contributed by atoms with Gasteiger partial charge >= 0.3 is 0 Å². The molecule has 0 fully saturated rings. The molecule has 0 aromatic carbocycles. The van der Waals surface area contributed by atoms with Gasteiger partial charge in [-0.1, -0.05) is 33.1 Å². The largest absolute Gasteiger partial charge is 0.328 e. The predicted octanol–water partition coefficient (Wildman–Crippen LogP) is 3.15. The standard InChI is InChI=1S/C19H44N4/c1-3-14-22-16-8-12-18(20)10-6-5-7-11-19(21)13-9-17-23-15-4-2/h18-19,22-23H,3-17,20-21H2,1-2H3. The van der Waals surface area contributed by atoms with Crippen LogP contribution in [0.15, 0.2) is 0 Å². The number of hydrogen-bond acceptors (Lipinski definition) is 4. The Morgan fingerprint density at radius 3 is 1.35 bits per heavy atom. The SMILES string of the molecule is CCCNCCCC(N)CCCCCC(N)CCCNCCC. The number of rotatable bonds is 18. The van der Waals surface area contributed by atoms with Gasteiger partial charge in [-0.05, 0) is 77.5 Å². The predicted molar refractivity (Wildman–Crippen MR) is 104 cm³/mol. The highest BCUT2D eigenvalue weighted by atomic mass is 14.8. The minimum Gasteiger partial charge on any atom is -0.328 e. The quantitative estimate of drug-likeness (QED) is 0.292. The van der Waals surface area contributed by atoms with Crippen LogP contribution in [0.4, 0.5) is 0 Å². The second kappa shape index (κ2) is 18.2. The Kier molecular flexibility index (Phi) is 18.1. The lowest BCUT2D eigenvalue weighted by Crippen LogP contribution is -2.24. The lowest BCUT2D eigenvalue weighted by Gasteiger charge is -2.13. The van der Waals surface area contributed by atoms with E-state index in [1.807, 2.05) is 0 Å². The van der Waals surface area contributed by atoms with E-state index in [1.54, 1.807) is 0 Å². The van der Waals surface area contributed by atoms with Crippen molar-refractivity contribution in [1.29, 1.82) is 0 Å². The van der Waals surface area contributed by atoms with Crippen molar-refractivity contribution in [2.75, 3.05) is 26.2 Å². The molecule has 0 amide bonds. The van der Waals surface area contributed by atoms with Gasteiger partial charge in [-0.25, -0.2) is 0 Å². The van der Waals surface area contributed by atoms with Gasteiger partial charge < -0.3 is 22.1 Å². The Morgan fingerprint density at radius 1 is 0.565 bits per heavy atom. The van der Waals surface area contributed by atoms with Gasteiger partial charge in [0.1, 0.15) is 0 Å². The van der Waals surface area contributed by atoms with E-state index in [9.17, 15) is 0 Å². The fourth-order valence-electron chi connectivity index (χ4n) is 2.86. The zero-order chi connectivity index (χ0) is 17.2. The topological polar surface area (TPSA) is 76.1 Å². The first-order valence-electron chi connectivity index (χ1n) is 10.1. The molecule has 140 valence electrons. The van der Waals surface area contributed by atoms with Crippen LogP contribution in [0.5, 0.6) is 0 Å². The van der Waals surface area contributed by atoms with Gasteiger partial charge in [0.05, 0.1) is 0 Å². The van der Waals surface area contributed by atoms with Crippen molar-refractivity contribution in [3.8, 4) is 0 Å². The Morgan fingerprint density at radius 2 is 0.957 bits per heavy atom. The highest BCUT2D eigenvalue weighted by molar-refractivity contribution is 4.65. The smallest absolute Gasteiger partial charge is 0.00393 e. The molecule has 0 spiro atoms. The maximum atomic E-state index is 6.18. The van der Waals surface area contributed by atoms with E-state index in [0.717, 1.165) is 39.0 Å². The van der Waals surface area contributed by atoms with Crippen LogP contribution in [-0.4, -0.2) is 38.3 Å². The molecular weight excluding hydrogens is 284 g/mol. The molecule has 4 heteroatoms. The minimum absolute atomic E-state index is 0.386. The average Bonchev–Trinajstić information content (AvgIpc) is 2.54. The van der Waals surface area contributed by atoms with Gasteiger partial charge in [0.25, 0.3) is 0 Å². The molecular formula is C19H44N4. The lowest BCUT2D eigenvalue weighted by molar-refractivity contribution is 0.468. The molecule has 0 aliphatic carbocycles. The summed E-state index contributed by atoms with van der Waals surface area (Å²) >= 11 is 0. The first-order chi connectivity index (χ1) is 11.2. The molecule has 0 bridgehead atoms. The Bertz CT molecular complexity index is 201. The molecule has 0 aliphatic heterocycles. The average molecular weight is 329 g/mol. The Labute approximate surface area is 145 Å². The van der Waals surface area contributed by atoms with Crippen LogP contribution in [-0.2, 0) is 0 Å². The summed E-state index contributed by atoms with van der Waals surface area (Å²) in [6.45, 7) is 8.89. The molecule has 0 aromatic rings. The molecule has 0 aliphatic rings. The molecule has 2 atom stereocenters. The van der Waals surface area contributed by atoms with E-state index in [4.69, 9.17) is 11.5 Å². The third-order valence-corrected chi connectivity index (χ3v) is 4.36. The van der Waals surface area contributed by atoms with E-state index < -0.39 is 0 Å². The molecule has 0 rings (SSSR count). The maximum Gasteiger partial charge on any atom is 0.00393 e. The summed E-state index contributed by atoms with van der Waals surface area (Å²) in [5.74, 6) is 0. The Hall–Kier alpha value is -0.160. The normalized spacial score (nSPS) is 14.1. The summed E-state index contributed by atoms with van der Waals surface area (Å²) in [6, 6.07) is 0.772. The first kappa shape index (κ1) is 22.8. The molecule has 0 saturated heterocycles. The summed E-state index contributed by atoms with van der Waals surface area (Å²) in [7, 11) is 0. The second-order valence-corrected chi connectivity index (χ2v) is 6.94. The molecule has 0 heterocycles. The van der Waals surface area contributed by atoms with Crippen LogP contribution in [0.25, 0.3) is 0 Å². The number of unbranched alkanes of at least 4 members (excludes halogenated alkanes) is 2. The molecule has 23 heavy (non-hydrogen) atoms. The summed E-state index contributed by atoms with van der Waals surface area (Å²) in [5, 5.41) is 6.87. The number of nitrogens with two attached hydrogens (primary N) is 2. The van der Waals surface area contributed by atoms with Gasteiger partial charge in [0.15, 0.2) is 0 Å². The number of hydrogen-bond donors (Lipinski definition) is 4. The van der Waals surface area contributed by atoms with Crippen LogP contribution in [0.1, 0.15) is 84.5 Å². The van der Waals surface area contributed by atoms with Crippen molar-refractivity contribution in [3.63, 3.8) is 0 Å². The fraction of sp³-hybridized carbons (Fsp3) is 1.00. The van der Waals surface area contributed by atoms with Crippen LogP contribution in [0.3, 0.4) is 0 Å². The molecule has 0 radical (unpaired) electrons. The zero-order valence-electron chi connectivity index (χ0n) is 15.9. The van der Waals surface area contributed by atoms with E-state index >= 15 is 0 Å². The summed E-state index contributed by atoms with van der Waals surface area (Å²) in [4.78, 5) is 0. The summed E-state index contributed by atoms with van der Waals surface area (Å²) in [5.41, 5.74) is 12.4. The molecule has 4 nitrogen and oxygen atoms in total. The summed E-state index contributed by atoms with van der Waals surface area (Å²) in [6.07, 6.45) is 13.3. The van der Waals surface area contributed by atoms with Crippen molar-refractivity contribution in [1.82, 2.24) is 10.6 Å². The highest BCUT2D eigenvalue weighted by Crippen LogP contribution is 2.10. The maximum absolute atomic E-state index is 6.18. The van der Waals surface area contributed by atoms with E-state index in [1.165, 1.54) is 57.8 Å². The van der Waals surface area contributed by atoms with Crippen LogP contribution >= 0.6 is 0 Å². The Balaban J connectivity index is 3.26. The van der Waals surface area contributed by atoms with Crippen molar-refractivity contribution >= 4 is 0 Å². The van der Waals surface area contributed by atoms with Gasteiger partial charge in [-0.15, -0.1) is 0 Å². The van der Waals surface area contributed by atoms with Crippen molar-refractivity contribution in [2.24, 2.45) is 11.5 Å². The van der Waals surface area contributed by atoms with Crippen molar-refractivity contribution < 1.29 is 0 Å². The van der Waals surface area contributed by atoms with Gasteiger partial charge in [0.2, 0.25) is 0 Å². The van der Waals surface area contributed by atoms with Crippen LogP contribution in [0.2, 0.25) is 0 Å². The highest BCUT2D eigenvalue weighted by Gasteiger charge is 2.04. The third kappa shape index (κ3) is 18.0. The first-order valence-corrected chi connectivity index (χ1v) is 10.1. The molecule has 0 saturated carbocycles. The monoisotopic (exact) mass is 328 g/mol. The van der Waals surface area contributed by atoms with Crippen molar-refractivity contribution in [3.05, 3.63) is 0 Å². The van der Waals surface area contributed by atoms with Crippen LogP contribution in [0, 0.1) is 0 Å². The van der Waals surface area contributed by atoms with Gasteiger partial charge in [0, 0.05) is 12.1 Å². The van der Waals surface area contributed by atoms with Crippen LogP contribution < -0.4 is 22.1 Å². The van der Waals surface area contributed by atoms with E-state index in [2.05, 4.69) is 24.5 Å². The van der Waals surface area contributed by atoms with E-state index in [0.29, 0.717) is 12.1 Å². The third-order valence-electron chi connectivity index (χ3n) is 4.36. The fourth-order valence-corrected chi connectivity index (χ4v) is 2.86. The second-order valence-electron chi connectivity index (χ2n) is 6.94. The zero-order valence-corrected chi connectivity index (χ0v) is 15.9. The molecule has 0 aromatic heterocycles. The summed E-state index contributed by atoms with van der Waals surface area (Å²) < 4.78 is 0. The molecule has 2 unspecified atom stereocenters. The minimum atomic E-state index is 0.386.